The Kier molecular flexibility index (Phi) is 7.86. The molecule has 0 unspecified atom stereocenters. The maximum atomic E-state index is 2.40. The third kappa shape index (κ3) is 5.19. The van der Waals surface area contributed by atoms with E-state index in [0.29, 0.717) is 11.7 Å². The number of rotatable bonds is 2. The molecule has 3 heteroatoms. The molecule has 2 rings (SSSR count). The normalized spacial score (nSPS) is 12.7. The summed E-state index contributed by atoms with van der Waals surface area (Å²) in [5.74, 6) is 0.778. The van der Waals surface area contributed by atoms with Gasteiger partial charge in [-0.15, -0.1) is 0 Å². The number of hydrogen-bond donors (Lipinski definition) is 0. The number of benzene rings is 1. The Morgan fingerprint density at radius 2 is 1.88 bits per heavy atom. The van der Waals surface area contributed by atoms with E-state index in [2.05, 4.69) is 82.6 Å². The van der Waals surface area contributed by atoms with Gasteiger partial charge in [0, 0.05) is 0 Å². The molecule has 0 N–H and O–H groups in total. The summed E-state index contributed by atoms with van der Waals surface area (Å²) in [5.41, 5.74) is 4.52. The minimum absolute atomic E-state index is 0.440. The molecule has 0 spiro atoms. The van der Waals surface area contributed by atoms with Gasteiger partial charge in [0.1, 0.15) is 0 Å². The summed E-state index contributed by atoms with van der Waals surface area (Å²) < 4.78 is 0. The van der Waals surface area contributed by atoms with Crippen molar-refractivity contribution in [1.82, 2.24) is 0 Å². The molecular formula is C13H16I2Ti. The van der Waals surface area contributed by atoms with Crippen LogP contribution in [0.25, 0.3) is 6.08 Å². The van der Waals surface area contributed by atoms with Gasteiger partial charge in [0.15, 0.2) is 0 Å². The van der Waals surface area contributed by atoms with Gasteiger partial charge < -0.3 is 0 Å². The van der Waals surface area contributed by atoms with Crippen molar-refractivity contribution in [2.75, 3.05) is 0 Å². The van der Waals surface area contributed by atoms with Crippen LogP contribution in [0.4, 0.5) is 0 Å². The average molecular weight is 474 g/mol. The predicted molar refractivity (Wildman–Crippen MR) is 85.6 cm³/mol. The van der Waals surface area contributed by atoms with Crippen LogP contribution in [0.5, 0.6) is 0 Å². The van der Waals surface area contributed by atoms with E-state index in [9.17, 15) is 0 Å². The van der Waals surface area contributed by atoms with Crippen molar-refractivity contribution >= 4 is 44.5 Å². The molecule has 0 saturated carbocycles. The second-order valence-electron chi connectivity index (χ2n) is 4.35. The Bertz CT molecular complexity index is 359. The number of halogens is 2. The van der Waals surface area contributed by atoms with Crippen LogP contribution in [0.1, 0.15) is 31.4 Å². The van der Waals surface area contributed by atoms with Gasteiger partial charge in [0.25, 0.3) is 0 Å². The zero-order valence-electron chi connectivity index (χ0n) is 9.63. The first-order valence-corrected chi connectivity index (χ1v) is 15.5. The molecule has 0 amide bonds. The summed E-state index contributed by atoms with van der Waals surface area (Å²) in [7, 11) is 0. The monoisotopic (exact) mass is 474 g/mol. The average Bonchev–Trinajstić information content (AvgIpc) is 2.59. The van der Waals surface area contributed by atoms with Crippen molar-refractivity contribution in [3.8, 4) is 0 Å². The van der Waals surface area contributed by atoms with Gasteiger partial charge in [0.2, 0.25) is 0 Å². The SMILES string of the molecule is CC(C)CC1=Cc2ccccc2C1.[I][Ti][I]. The molecule has 16 heavy (non-hydrogen) atoms. The van der Waals surface area contributed by atoms with E-state index in [0.717, 1.165) is 5.92 Å². The fraction of sp³-hybridized carbons (Fsp3) is 0.385. The van der Waals surface area contributed by atoms with E-state index in [4.69, 9.17) is 0 Å². The van der Waals surface area contributed by atoms with E-state index >= 15 is 0 Å². The van der Waals surface area contributed by atoms with Gasteiger partial charge in [0.05, 0.1) is 0 Å². The first-order valence-electron chi connectivity index (χ1n) is 5.41. The van der Waals surface area contributed by atoms with E-state index in [-0.39, 0.29) is 0 Å². The molecule has 1 aliphatic rings. The topological polar surface area (TPSA) is 0 Å². The van der Waals surface area contributed by atoms with Gasteiger partial charge in [-0.2, -0.15) is 0 Å². The Hall–Kier alpha value is 1.13. The minimum atomic E-state index is 0.440. The summed E-state index contributed by atoms with van der Waals surface area (Å²) in [6, 6.07) is 8.69. The molecule has 86 valence electrons. The molecule has 0 atom stereocenters. The first-order chi connectivity index (χ1) is 7.67. The Labute approximate surface area is 128 Å². The van der Waals surface area contributed by atoms with Crippen molar-refractivity contribution in [2.45, 2.75) is 26.7 Å². The zero-order valence-corrected chi connectivity index (χ0v) is 15.5. The fourth-order valence-electron chi connectivity index (χ4n) is 2.01. The van der Waals surface area contributed by atoms with Crippen LogP contribution in [0, 0.1) is 5.92 Å². The Morgan fingerprint density at radius 1 is 1.25 bits per heavy atom. The quantitative estimate of drug-likeness (QED) is 0.396. The summed E-state index contributed by atoms with van der Waals surface area (Å²) in [4.78, 5) is 0. The maximum absolute atomic E-state index is 2.40. The van der Waals surface area contributed by atoms with E-state index in [1.165, 1.54) is 24.0 Å². The molecular weight excluding hydrogens is 458 g/mol. The molecule has 0 radical (unpaired) electrons. The van der Waals surface area contributed by atoms with Crippen molar-refractivity contribution in [3.63, 3.8) is 0 Å². The number of fused-ring (bicyclic) bond motifs is 1. The van der Waals surface area contributed by atoms with Gasteiger partial charge in [-0.1, -0.05) is 49.8 Å². The van der Waals surface area contributed by atoms with Crippen LogP contribution in [-0.4, -0.2) is 0 Å². The fourth-order valence-corrected chi connectivity index (χ4v) is 2.01. The van der Waals surface area contributed by atoms with Crippen LogP contribution in [0.15, 0.2) is 29.8 Å². The van der Waals surface area contributed by atoms with E-state index in [1.807, 2.05) is 0 Å². The zero-order chi connectivity index (χ0) is 12.0. The van der Waals surface area contributed by atoms with Crippen LogP contribution >= 0.6 is 38.4 Å². The van der Waals surface area contributed by atoms with E-state index < -0.39 is 0 Å². The molecule has 1 aromatic carbocycles. The standard InChI is InChI=1S/C13H16.2HI.Ti/c1-10(2)7-11-8-12-5-3-4-6-13(12)9-11;;;/h3-6,8,10H,7,9H2,1-2H3;2*1H;/q;;;+2/p-2. The molecule has 0 bridgehead atoms. The van der Waals surface area contributed by atoms with Crippen LogP contribution in [0.2, 0.25) is 0 Å². The Morgan fingerprint density at radius 3 is 2.44 bits per heavy atom. The predicted octanol–water partition coefficient (Wildman–Crippen LogP) is 5.44. The van der Waals surface area contributed by atoms with Gasteiger partial charge in [-0.3, -0.25) is 0 Å². The number of hydrogen-bond acceptors (Lipinski definition) is 0. The van der Waals surface area contributed by atoms with Crippen molar-refractivity contribution in [1.29, 1.82) is 0 Å². The van der Waals surface area contributed by atoms with Gasteiger partial charge >= 0.3 is 50.0 Å². The third-order valence-electron chi connectivity index (χ3n) is 2.50. The molecule has 0 heterocycles. The molecule has 0 aliphatic heterocycles. The van der Waals surface area contributed by atoms with Gasteiger partial charge in [-0.25, -0.2) is 0 Å². The van der Waals surface area contributed by atoms with E-state index in [1.54, 1.807) is 5.57 Å². The van der Waals surface area contributed by atoms with Crippen molar-refractivity contribution < 1.29 is 11.7 Å². The molecule has 0 aromatic heterocycles. The number of allylic oxidation sites excluding steroid dienone is 1. The van der Waals surface area contributed by atoms with Crippen molar-refractivity contribution in [3.05, 3.63) is 41.0 Å². The second kappa shape index (κ2) is 8.27. The summed E-state index contributed by atoms with van der Waals surface area (Å²) >= 11 is 5.24. The summed E-state index contributed by atoms with van der Waals surface area (Å²) in [5, 5.41) is 0. The van der Waals surface area contributed by atoms with Crippen LogP contribution in [0.3, 0.4) is 0 Å². The third-order valence-corrected chi connectivity index (χ3v) is 2.50. The molecule has 1 aromatic rings. The summed E-state index contributed by atoms with van der Waals surface area (Å²) in [6.07, 6.45) is 4.78. The molecule has 0 saturated heterocycles. The van der Waals surface area contributed by atoms with Gasteiger partial charge in [-0.05, 0) is 29.9 Å². The molecule has 0 nitrogen and oxygen atoms in total. The second-order valence-corrected chi connectivity index (χ2v) is 17.5. The van der Waals surface area contributed by atoms with Crippen LogP contribution < -0.4 is 0 Å². The van der Waals surface area contributed by atoms with Crippen molar-refractivity contribution in [2.24, 2.45) is 5.92 Å². The Balaban J connectivity index is 0.000000386. The van der Waals surface area contributed by atoms with Crippen LogP contribution in [-0.2, 0) is 18.1 Å². The molecule has 0 fully saturated rings. The summed E-state index contributed by atoms with van der Waals surface area (Å²) in [6.45, 7) is 4.56. The molecule has 1 aliphatic carbocycles. The first kappa shape index (κ1) is 15.2.